The lowest BCUT2D eigenvalue weighted by molar-refractivity contribution is 0.171. The second kappa shape index (κ2) is 3.18. The fraction of sp³-hybridized carbons (Fsp3) is 1.00. The molecule has 56 valence electrons. The third-order valence-electron chi connectivity index (χ3n) is 2.16. The Morgan fingerprint density at radius 2 is 2.11 bits per heavy atom. The van der Waals surface area contributed by atoms with E-state index < -0.39 is 0 Å². The van der Waals surface area contributed by atoms with Crippen LogP contribution >= 0.6 is 0 Å². The van der Waals surface area contributed by atoms with E-state index in [4.69, 9.17) is 10.8 Å². The van der Waals surface area contributed by atoms with E-state index in [0.29, 0.717) is 0 Å². The fourth-order valence-corrected chi connectivity index (χ4v) is 0.557. The van der Waals surface area contributed by atoms with Crippen molar-refractivity contribution >= 4 is 0 Å². The van der Waals surface area contributed by atoms with Gasteiger partial charge >= 0.3 is 0 Å². The van der Waals surface area contributed by atoms with E-state index in [2.05, 4.69) is 0 Å². The van der Waals surface area contributed by atoms with Crippen LogP contribution in [0.3, 0.4) is 0 Å². The smallest absolute Gasteiger partial charge is 0.0474 e. The molecule has 3 N–H and O–H groups in total. The number of hydrogen-bond acceptors (Lipinski definition) is 2. The van der Waals surface area contributed by atoms with E-state index in [0.717, 1.165) is 6.42 Å². The highest BCUT2D eigenvalue weighted by molar-refractivity contribution is 4.81. The predicted octanol–water partition coefficient (Wildman–Crippen LogP) is 0.742. The normalized spacial score (nSPS) is 21.0. The maximum Gasteiger partial charge on any atom is 0.0474 e. The summed E-state index contributed by atoms with van der Waals surface area (Å²) in [6, 6.07) is 0. The van der Waals surface area contributed by atoms with E-state index >= 15 is 0 Å². The lowest BCUT2D eigenvalue weighted by Gasteiger charge is -2.28. The van der Waals surface area contributed by atoms with Crippen LogP contribution in [-0.4, -0.2) is 17.3 Å². The highest BCUT2D eigenvalue weighted by atomic mass is 16.3. The standard InChI is InChI=1S/C7H17NO/c1-4-7(3,8)6(2)5-9/h6,9H,4-5,8H2,1-3H3. The molecule has 9 heavy (non-hydrogen) atoms. The summed E-state index contributed by atoms with van der Waals surface area (Å²) >= 11 is 0. The van der Waals surface area contributed by atoms with Gasteiger partial charge in [0, 0.05) is 12.1 Å². The van der Waals surface area contributed by atoms with Crippen molar-refractivity contribution in [1.29, 1.82) is 0 Å². The molecule has 0 aliphatic heterocycles. The molecule has 0 aliphatic rings. The molecule has 0 saturated heterocycles. The van der Waals surface area contributed by atoms with Gasteiger partial charge in [0.25, 0.3) is 0 Å². The lowest BCUT2D eigenvalue weighted by atomic mass is 9.86. The molecule has 0 radical (unpaired) electrons. The topological polar surface area (TPSA) is 46.2 Å². The Hall–Kier alpha value is -0.0800. The number of aliphatic hydroxyl groups excluding tert-OH is 1. The molecule has 0 fully saturated rings. The van der Waals surface area contributed by atoms with Crippen LogP contribution in [0.4, 0.5) is 0 Å². The van der Waals surface area contributed by atoms with E-state index in [1.54, 1.807) is 0 Å². The van der Waals surface area contributed by atoms with E-state index in [9.17, 15) is 0 Å². The van der Waals surface area contributed by atoms with Gasteiger partial charge in [-0.1, -0.05) is 13.8 Å². The highest BCUT2D eigenvalue weighted by Crippen LogP contribution is 2.15. The molecule has 0 aromatic carbocycles. The Balaban J connectivity index is 3.80. The van der Waals surface area contributed by atoms with Gasteiger partial charge in [0.1, 0.15) is 0 Å². The van der Waals surface area contributed by atoms with Gasteiger partial charge in [0.15, 0.2) is 0 Å². The minimum absolute atomic E-state index is 0.181. The molecule has 0 saturated carbocycles. The molecule has 0 bridgehead atoms. The first-order chi connectivity index (χ1) is 4.04. The van der Waals surface area contributed by atoms with Gasteiger partial charge in [-0.15, -0.1) is 0 Å². The van der Waals surface area contributed by atoms with Crippen molar-refractivity contribution < 1.29 is 5.11 Å². The molecular formula is C7H17NO. The van der Waals surface area contributed by atoms with Crippen LogP contribution in [0.2, 0.25) is 0 Å². The molecule has 2 unspecified atom stereocenters. The molecule has 0 heterocycles. The summed E-state index contributed by atoms with van der Waals surface area (Å²) < 4.78 is 0. The van der Waals surface area contributed by atoms with Gasteiger partial charge in [-0.25, -0.2) is 0 Å². The molecule has 2 heteroatoms. The van der Waals surface area contributed by atoms with E-state index in [1.165, 1.54) is 0 Å². The molecule has 0 rings (SSSR count). The van der Waals surface area contributed by atoms with Crippen molar-refractivity contribution in [3.63, 3.8) is 0 Å². The van der Waals surface area contributed by atoms with Crippen LogP contribution in [0, 0.1) is 5.92 Å². The number of aliphatic hydroxyl groups is 1. The number of rotatable bonds is 3. The largest absolute Gasteiger partial charge is 0.396 e. The van der Waals surface area contributed by atoms with Crippen molar-refractivity contribution in [3.8, 4) is 0 Å². The quantitative estimate of drug-likeness (QED) is 0.593. The van der Waals surface area contributed by atoms with Crippen LogP contribution in [0.5, 0.6) is 0 Å². The van der Waals surface area contributed by atoms with E-state index in [1.807, 2.05) is 20.8 Å². The average Bonchev–Trinajstić information content (AvgIpc) is 1.86. The first kappa shape index (κ1) is 8.92. The summed E-state index contributed by atoms with van der Waals surface area (Å²) in [5.74, 6) is 0.197. The van der Waals surface area contributed by atoms with Crippen molar-refractivity contribution in [1.82, 2.24) is 0 Å². The van der Waals surface area contributed by atoms with Gasteiger partial charge in [-0.3, -0.25) is 0 Å². The second-order valence-corrected chi connectivity index (χ2v) is 2.94. The maximum atomic E-state index is 8.72. The van der Waals surface area contributed by atoms with Gasteiger partial charge in [-0.05, 0) is 19.3 Å². The first-order valence-corrected chi connectivity index (χ1v) is 3.44. The van der Waals surface area contributed by atoms with Crippen LogP contribution in [0.15, 0.2) is 0 Å². The third kappa shape index (κ3) is 2.33. The summed E-state index contributed by atoms with van der Waals surface area (Å²) in [6.45, 7) is 6.14. The van der Waals surface area contributed by atoms with Crippen molar-refractivity contribution in [3.05, 3.63) is 0 Å². The lowest BCUT2D eigenvalue weighted by Crippen LogP contribution is -2.43. The van der Waals surface area contributed by atoms with Crippen LogP contribution in [-0.2, 0) is 0 Å². The Morgan fingerprint density at radius 3 is 2.22 bits per heavy atom. The summed E-state index contributed by atoms with van der Waals surface area (Å²) in [5, 5.41) is 8.72. The fourth-order valence-electron chi connectivity index (χ4n) is 0.557. The minimum atomic E-state index is -0.200. The summed E-state index contributed by atoms with van der Waals surface area (Å²) in [7, 11) is 0. The van der Waals surface area contributed by atoms with Gasteiger partial charge in [0.2, 0.25) is 0 Å². The number of hydrogen-bond donors (Lipinski definition) is 2. The van der Waals surface area contributed by atoms with Crippen molar-refractivity contribution in [2.75, 3.05) is 6.61 Å². The summed E-state index contributed by atoms with van der Waals surface area (Å²) in [4.78, 5) is 0. The molecule has 0 amide bonds. The zero-order valence-corrected chi connectivity index (χ0v) is 6.52. The zero-order chi connectivity index (χ0) is 7.49. The summed E-state index contributed by atoms with van der Waals surface area (Å²) in [5.41, 5.74) is 5.61. The average molecular weight is 131 g/mol. The molecule has 0 aromatic rings. The SMILES string of the molecule is CCC(C)(N)C(C)CO. The van der Waals surface area contributed by atoms with Crippen LogP contribution < -0.4 is 5.73 Å². The molecular weight excluding hydrogens is 114 g/mol. The molecule has 0 spiro atoms. The first-order valence-electron chi connectivity index (χ1n) is 3.44. The van der Waals surface area contributed by atoms with Gasteiger partial charge in [0.05, 0.1) is 0 Å². The van der Waals surface area contributed by atoms with E-state index in [-0.39, 0.29) is 18.1 Å². The summed E-state index contributed by atoms with van der Waals surface area (Å²) in [6.07, 6.45) is 0.911. The Bertz CT molecular complexity index is 81.0. The predicted molar refractivity (Wildman–Crippen MR) is 39.1 cm³/mol. The molecule has 0 aromatic heterocycles. The molecule has 0 aliphatic carbocycles. The minimum Gasteiger partial charge on any atom is -0.396 e. The Kier molecular flexibility index (Phi) is 3.15. The monoisotopic (exact) mass is 131 g/mol. The second-order valence-electron chi connectivity index (χ2n) is 2.94. The molecule has 2 atom stereocenters. The van der Waals surface area contributed by atoms with Gasteiger partial charge < -0.3 is 10.8 Å². The van der Waals surface area contributed by atoms with Crippen molar-refractivity contribution in [2.24, 2.45) is 11.7 Å². The maximum absolute atomic E-state index is 8.72. The van der Waals surface area contributed by atoms with Crippen LogP contribution in [0.1, 0.15) is 27.2 Å². The highest BCUT2D eigenvalue weighted by Gasteiger charge is 2.22. The Labute approximate surface area is 57.1 Å². The van der Waals surface area contributed by atoms with Crippen molar-refractivity contribution in [2.45, 2.75) is 32.7 Å². The number of nitrogens with two attached hydrogens (primary N) is 1. The van der Waals surface area contributed by atoms with Gasteiger partial charge in [-0.2, -0.15) is 0 Å². The third-order valence-corrected chi connectivity index (χ3v) is 2.16. The molecule has 2 nitrogen and oxygen atoms in total. The Morgan fingerprint density at radius 1 is 1.67 bits per heavy atom. The van der Waals surface area contributed by atoms with Crippen LogP contribution in [0.25, 0.3) is 0 Å². The zero-order valence-electron chi connectivity index (χ0n) is 6.52.